The molecule has 1 fully saturated rings. The molecule has 2 rings (SSSR count). The van der Waals surface area contributed by atoms with Gasteiger partial charge >= 0.3 is 0 Å². The van der Waals surface area contributed by atoms with Crippen molar-refractivity contribution in [2.45, 2.75) is 38.3 Å². The maximum absolute atomic E-state index is 9.53. The molecule has 19 heavy (non-hydrogen) atoms. The Balaban J connectivity index is 1.84. The summed E-state index contributed by atoms with van der Waals surface area (Å²) in [5.41, 5.74) is 1.38. The van der Waals surface area contributed by atoms with Crippen LogP contribution in [-0.2, 0) is 0 Å². The second-order valence-electron chi connectivity index (χ2n) is 5.38. The Kier molecular flexibility index (Phi) is 5.83. The standard InChI is InChI=1S/C16H26N2O/c1-2-17-16(14-6-4-3-5-7-14)10-13-18-11-8-15(19)9-12-18/h3-7,15-17,19H,2,8-13H2,1H3. The Morgan fingerprint density at radius 1 is 1.26 bits per heavy atom. The van der Waals surface area contributed by atoms with E-state index in [0.29, 0.717) is 6.04 Å². The molecule has 3 heteroatoms. The first-order valence-electron chi connectivity index (χ1n) is 7.48. The lowest BCUT2D eigenvalue weighted by molar-refractivity contribution is 0.0806. The first kappa shape index (κ1) is 14.5. The fraction of sp³-hybridized carbons (Fsp3) is 0.625. The number of nitrogens with one attached hydrogen (secondary N) is 1. The van der Waals surface area contributed by atoms with Gasteiger partial charge in [0.15, 0.2) is 0 Å². The van der Waals surface area contributed by atoms with Crippen LogP contribution in [0.2, 0.25) is 0 Å². The van der Waals surface area contributed by atoms with E-state index in [-0.39, 0.29) is 6.10 Å². The van der Waals surface area contributed by atoms with Crippen LogP contribution in [0.3, 0.4) is 0 Å². The summed E-state index contributed by atoms with van der Waals surface area (Å²) in [6.07, 6.45) is 2.91. The van der Waals surface area contributed by atoms with Crippen LogP contribution in [-0.4, -0.2) is 42.3 Å². The van der Waals surface area contributed by atoms with Gasteiger partial charge in [-0.05, 0) is 37.9 Å². The van der Waals surface area contributed by atoms with Gasteiger partial charge in [-0.2, -0.15) is 0 Å². The quantitative estimate of drug-likeness (QED) is 0.825. The number of aliphatic hydroxyl groups excluding tert-OH is 1. The lowest BCUT2D eigenvalue weighted by Crippen LogP contribution is -2.37. The molecule has 0 spiro atoms. The zero-order chi connectivity index (χ0) is 13.5. The van der Waals surface area contributed by atoms with Crippen molar-refractivity contribution in [3.63, 3.8) is 0 Å². The van der Waals surface area contributed by atoms with Crippen molar-refractivity contribution in [1.29, 1.82) is 0 Å². The smallest absolute Gasteiger partial charge is 0.0564 e. The SMILES string of the molecule is CCNC(CCN1CCC(O)CC1)c1ccccc1. The van der Waals surface area contributed by atoms with Crippen LogP contribution in [0, 0.1) is 0 Å². The van der Waals surface area contributed by atoms with E-state index in [2.05, 4.69) is 47.5 Å². The van der Waals surface area contributed by atoms with E-state index in [1.165, 1.54) is 5.56 Å². The van der Waals surface area contributed by atoms with Crippen molar-refractivity contribution in [1.82, 2.24) is 10.2 Å². The van der Waals surface area contributed by atoms with Gasteiger partial charge in [0.05, 0.1) is 6.10 Å². The molecular weight excluding hydrogens is 236 g/mol. The average molecular weight is 262 g/mol. The normalized spacial score (nSPS) is 19.5. The lowest BCUT2D eigenvalue weighted by Gasteiger charge is -2.31. The van der Waals surface area contributed by atoms with Gasteiger partial charge in [0.2, 0.25) is 0 Å². The van der Waals surface area contributed by atoms with Gasteiger partial charge in [-0.15, -0.1) is 0 Å². The number of likely N-dealkylation sites (tertiary alicyclic amines) is 1. The Morgan fingerprint density at radius 2 is 1.95 bits per heavy atom. The summed E-state index contributed by atoms with van der Waals surface area (Å²) in [5, 5.41) is 13.1. The molecule has 1 atom stereocenters. The molecule has 1 aliphatic heterocycles. The summed E-state index contributed by atoms with van der Waals surface area (Å²) in [6, 6.07) is 11.1. The molecule has 0 bridgehead atoms. The fourth-order valence-electron chi connectivity index (χ4n) is 2.77. The molecule has 2 N–H and O–H groups in total. The van der Waals surface area contributed by atoms with Crippen molar-refractivity contribution < 1.29 is 5.11 Å². The molecule has 1 unspecified atom stereocenters. The van der Waals surface area contributed by atoms with E-state index in [4.69, 9.17) is 0 Å². The highest BCUT2D eigenvalue weighted by Crippen LogP contribution is 2.18. The minimum atomic E-state index is -0.0741. The lowest BCUT2D eigenvalue weighted by atomic mass is 10.0. The zero-order valence-corrected chi connectivity index (χ0v) is 11.9. The zero-order valence-electron chi connectivity index (χ0n) is 11.9. The van der Waals surface area contributed by atoms with Gasteiger partial charge in [-0.25, -0.2) is 0 Å². The molecule has 0 amide bonds. The maximum Gasteiger partial charge on any atom is 0.0564 e. The van der Waals surface area contributed by atoms with Crippen LogP contribution in [0.5, 0.6) is 0 Å². The molecule has 1 heterocycles. The highest BCUT2D eigenvalue weighted by Gasteiger charge is 2.18. The van der Waals surface area contributed by atoms with Crippen LogP contribution in [0.15, 0.2) is 30.3 Å². The Bertz CT molecular complexity index is 347. The van der Waals surface area contributed by atoms with Crippen LogP contribution >= 0.6 is 0 Å². The number of hydrogen-bond donors (Lipinski definition) is 2. The Morgan fingerprint density at radius 3 is 2.58 bits per heavy atom. The summed E-state index contributed by atoms with van der Waals surface area (Å²) in [6.45, 7) is 6.34. The molecular formula is C16H26N2O. The van der Waals surface area contributed by atoms with Crippen molar-refractivity contribution >= 4 is 0 Å². The molecule has 1 aliphatic rings. The molecule has 0 aliphatic carbocycles. The van der Waals surface area contributed by atoms with Gasteiger partial charge in [0.1, 0.15) is 0 Å². The van der Waals surface area contributed by atoms with Crippen LogP contribution in [0.4, 0.5) is 0 Å². The Hall–Kier alpha value is -0.900. The molecule has 0 aromatic heterocycles. The maximum atomic E-state index is 9.53. The summed E-state index contributed by atoms with van der Waals surface area (Å²) in [4.78, 5) is 2.47. The molecule has 0 radical (unpaired) electrons. The highest BCUT2D eigenvalue weighted by molar-refractivity contribution is 5.18. The summed E-state index contributed by atoms with van der Waals surface area (Å²) < 4.78 is 0. The third-order valence-electron chi connectivity index (χ3n) is 3.94. The van der Waals surface area contributed by atoms with Gasteiger partial charge in [0.25, 0.3) is 0 Å². The van der Waals surface area contributed by atoms with E-state index < -0.39 is 0 Å². The van der Waals surface area contributed by atoms with Crippen LogP contribution < -0.4 is 5.32 Å². The summed E-state index contributed by atoms with van der Waals surface area (Å²) in [7, 11) is 0. The molecule has 1 aromatic rings. The van der Waals surface area contributed by atoms with Gasteiger partial charge in [-0.1, -0.05) is 37.3 Å². The first-order chi connectivity index (χ1) is 9.29. The number of hydrogen-bond acceptors (Lipinski definition) is 3. The predicted molar refractivity (Wildman–Crippen MR) is 79.2 cm³/mol. The predicted octanol–water partition coefficient (Wildman–Crippen LogP) is 2.18. The summed E-state index contributed by atoms with van der Waals surface area (Å²) >= 11 is 0. The van der Waals surface area contributed by atoms with E-state index in [1.54, 1.807) is 0 Å². The van der Waals surface area contributed by atoms with Crippen molar-refractivity contribution in [2.75, 3.05) is 26.2 Å². The summed E-state index contributed by atoms with van der Waals surface area (Å²) in [5.74, 6) is 0. The third-order valence-corrected chi connectivity index (χ3v) is 3.94. The Labute approximate surface area is 116 Å². The van der Waals surface area contributed by atoms with E-state index >= 15 is 0 Å². The third kappa shape index (κ3) is 4.60. The van der Waals surface area contributed by atoms with Gasteiger partial charge in [0, 0.05) is 19.1 Å². The minimum Gasteiger partial charge on any atom is -0.393 e. The number of piperidine rings is 1. The number of rotatable bonds is 6. The monoisotopic (exact) mass is 262 g/mol. The molecule has 3 nitrogen and oxygen atoms in total. The topological polar surface area (TPSA) is 35.5 Å². The van der Waals surface area contributed by atoms with Crippen molar-refractivity contribution in [3.05, 3.63) is 35.9 Å². The number of aliphatic hydroxyl groups is 1. The van der Waals surface area contributed by atoms with E-state index in [1.807, 2.05) is 0 Å². The fourth-order valence-corrected chi connectivity index (χ4v) is 2.77. The minimum absolute atomic E-state index is 0.0741. The molecule has 1 saturated heterocycles. The molecule has 0 saturated carbocycles. The van der Waals surface area contributed by atoms with Crippen molar-refractivity contribution in [3.8, 4) is 0 Å². The van der Waals surface area contributed by atoms with Gasteiger partial charge in [-0.3, -0.25) is 0 Å². The van der Waals surface area contributed by atoms with Gasteiger partial charge < -0.3 is 15.3 Å². The van der Waals surface area contributed by atoms with E-state index in [9.17, 15) is 5.11 Å². The second-order valence-corrected chi connectivity index (χ2v) is 5.38. The van der Waals surface area contributed by atoms with Crippen molar-refractivity contribution in [2.24, 2.45) is 0 Å². The molecule has 1 aromatic carbocycles. The van der Waals surface area contributed by atoms with Crippen LogP contribution in [0.25, 0.3) is 0 Å². The first-order valence-corrected chi connectivity index (χ1v) is 7.48. The van der Waals surface area contributed by atoms with Crippen LogP contribution in [0.1, 0.15) is 37.8 Å². The molecule has 106 valence electrons. The average Bonchev–Trinajstić information content (AvgIpc) is 2.46. The number of benzene rings is 1. The highest BCUT2D eigenvalue weighted by atomic mass is 16.3. The second kappa shape index (κ2) is 7.63. The van der Waals surface area contributed by atoms with E-state index in [0.717, 1.165) is 45.4 Å². The number of nitrogens with zero attached hydrogens (tertiary/aromatic N) is 1. The largest absolute Gasteiger partial charge is 0.393 e.